The zero-order chi connectivity index (χ0) is 21.3. The zero-order valence-corrected chi connectivity index (χ0v) is 15.9. The van der Waals surface area contributed by atoms with Crippen LogP contribution in [0.5, 0.6) is 0 Å². The summed E-state index contributed by atoms with van der Waals surface area (Å²) in [6, 6.07) is 3.84. The Kier molecular flexibility index (Phi) is 6.30. The molecule has 3 rings (SSSR count). The van der Waals surface area contributed by atoms with Crippen LogP contribution in [0.1, 0.15) is 43.4 Å². The fourth-order valence-corrected chi connectivity index (χ4v) is 3.66. The second-order valence-corrected chi connectivity index (χ2v) is 7.55. The van der Waals surface area contributed by atoms with Gasteiger partial charge in [-0.3, -0.25) is 4.57 Å². The monoisotopic (exact) mass is 441 g/mol. The van der Waals surface area contributed by atoms with E-state index in [2.05, 4.69) is 5.10 Å². The van der Waals surface area contributed by atoms with Crippen LogP contribution in [0.2, 0.25) is 5.02 Å². The van der Waals surface area contributed by atoms with Crippen molar-refractivity contribution in [1.82, 2.24) is 14.3 Å². The number of hydrogen-bond acceptors (Lipinski definition) is 2. The van der Waals surface area contributed by atoms with Gasteiger partial charge in [0.1, 0.15) is 11.6 Å². The fraction of sp³-hybridized carbons (Fsp3) is 0.556. The van der Waals surface area contributed by atoms with Crippen LogP contribution in [-0.4, -0.2) is 26.7 Å². The number of hydrogen-bond donors (Lipinski definition) is 0. The minimum absolute atomic E-state index is 0.000347. The molecule has 29 heavy (non-hydrogen) atoms. The maximum atomic E-state index is 14.1. The highest BCUT2D eigenvalue weighted by molar-refractivity contribution is 6.31. The Morgan fingerprint density at radius 3 is 2.45 bits per heavy atom. The molecule has 160 valence electrons. The molecule has 0 radical (unpaired) electrons. The van der Waals surface area contributed by atoms with Gasteiger partial charge in [-0.2, -0.15) is 9.78 Å². The Bertz CT molecular complexity index is 899. The zero-order valence-electron chi connectivity index (χ0n) is 15.1. The summed E-state index contributed by atoms with van der Waals surface area (Å²) in [5.41, 5.74) is -1.27. The minimum Gasteiger partial charge on any atom is -0.274 e. The van der Waals surface area contributed by atoms with Crippen molar-refractivity contribution in [3.05, 3.63) is 50.9 Å². The molecule has 0 amide bonds. The van der Waals surface area contributed by atoms with Crippen LogP contribution in [0.25, 0.3) is 0 Å². The van der Waals surface area contributed by atoms with Gasteiger partial charge in [-0.1, -0.05) is 17.7 Å². The SMILES string of the molecule is O=c1n(C(F)C(F)F)nc(CC2CCC(F)(F)CC2)n1Cc1c(F)cccc1Cl. The molecule has 0 bridgehead atoms. The Hall–Kier alpha value is -1.97. The predicted octanol–water partition coefficient (Wildman–Crippen LogP) is 4.99. The Labute approximate surface area is 167 Å². The van der Waals surface area contributed by atoms with Gasteiger partial charge in [-0.05, 0) is 30.9 Å². The summed E-state index contributed by atoms with van der Waals surface area (Å²) in [6.45, 7) is -0.446. The first-order valence-corrected chi connectivity index (χ1v) is 9.38. The molecule has 0 spiro atoms. The summed E-state index contributed by atoms with van der Waals surface area (Å²) in [6.07, 6.45) is -6.87. The lowest BCUT2D eigenvalue weighted by molar-refractivity contribution is -0.0459. The molecule has 1 aliphatic carbocycles. The molecule has 0 N–H and O–H groups in total. The summed E-state index contributed by atoms with van der Waals surface area (Å²) in [7, 11) is 0. The van der Waals surface area contributed by atoms with Crippen molar-refractivity contribution in [3.63, 3.8) is 0 Å². The molecule has 4 nitrogen and oxygen atoms in total. The van der Waals surface area contributed by atoms with Crippen LogP contribution in [0.3, 0.4) is 0 Å². The normalized spacial score (nSPS) is 18.3. The molecule has 1 fully saturated rings. The van der Waals surface area contributed by atoms with Gasteiger partial charge in [-0.25, -0.2) is 31.1 Å². The van der Waals surface area contributed by atoms with Crippen molar-refractivity contribution in [3.8, 4) is 0 Å². The van der Waals surface area contributed by atoms with Gasteiger partial charge in [0.15, 0.2) is 0 Å². The first-order valence-electron chi connectivity index (χ1n) is 9.00. The van der Waals surface area contributed by atoms with Gasteiger partial charge in [-0.15, -0.1) is 0 Å². The third-order valence-corrected chi connectivity index (χ3v) is 5.44. The molecule has 1 aromatic carbocycles. The van der Waals surface area contributed by atoms with Crippen molar-refractivity contribution >= 4 is 11.6 Å². The summed E-state index contributed by atoms with van der Waals surface area (Å²) < 4.78 is 81.1. The summed E-state index contributed by atoms with van der Waals surface area (Å²) in [5, 5.41) is 3.67. The van der Waals surface area contributed by atoms with Gasteiger partial charge >= 0.3 is 5.69 Å². The van der Waals surface area contributed by atoms with Gasteiger partial charge in [0.25, 0.3) is 12.7 Å². The highest BCUT2D eigenvalue weighted by Gasteiger charge is 2.36. The molecule has 2 aromatic rings. The third-order valence-electron chi connectivity index (χ3n) is 5.09. The number of aromatic nitrogens is 3. The van der Waals surface area contributed by atoms with Gasteiger partial charge in [0.2, 0.25) is 5.92 Å². The molecule has 1 atom stereocenters. The van der Waals surface area contributed by atoms with E-state index in [0.717, 1.165) is 10.6 Å². The molecule has 1 heterocycles. The van der Waals surface area contributed by atoms with E-state index in [9.17, 15) is 31.1 Å². The van der Waals surface area contributed by atoms with Crippen LogP contribution in [0.15, 0.2) is 23.0 Å². The average molecular weight is 442 g/mol. The number of benzene rings is 1. The number of halogens is 7. The minimum atomic E-state index is -3.49. The van der Waals surface area contributed by atoms with E-state index in [4.69, 9.17) is 11.6 Å². The maximum absolute atomic E-state index is 14.1. The quantitative estimate of drug-likeness (QED) is 0.593. The van der Waals surface area contributed by atoms with Gasteiger partial charge < -0.3 is 0 Å². The fourth-order valence-electron chi connectivity index (χ4n) is 3.44. The van der Waals surface area contributed by atoms with E-state index in [1.165, 1.54) is 12.1 Å². The number of alkyl halides is 5. The summed E-state index contributed by atoms with van der Waals surface area (Å²) >= 11 is 5.97. The van der Waals surface area contributed by atoms with Gasteiger partial charge in [0, 0.05) is 29.8 Å². The van der Waals surface area contributed by atoms with E-state index in [1.54, 1.807) is 0 Å². The molecular formula is C18H18ClF6N3O. The first kappa shape index (κ1) is 21.7. The van der Waals surface area contributed by atoms with Crippen LogP contribution in [0, 0.1) is 11.7 Å². The van der Waals surface area contributed by atoms with Crippen LogP contribution < -0.4 is 5.69 Å². The molecule has 1 saturated carbocycles. The van der Waals surface area contributed by atoms with Crippen molar-refractivity contribution in [2.75, 3.05) is 0 Å². The van der Waals surface area contributed by atoms with Crippen molar-refractivity contribution in [1.29, 1.82) is 0 Å². The predicted molar refractivity (Wildman–Crippen MR) is 93.8 cm³/mol. The van der Waals surface area contributed by atoms with Crippen molar-refractivity contribution in [2.45, 2.75) is 57.3 Å². The van der Waals surface area contributed by atoms with Gasteiger partial charge in [0.05, 0.1) is 6.54 Å². The molecular weight excluding hydrogens is 424 g/mol. The highest BCUT2D eigenvalue weighted by Crippen LogP contribution is 2.37. The largest absolute Gasteiger partial charge is 0.349 e. The maximum Gasteiger partial charge on any atom is 0.349 e. The Morgan fingerprint density at radius 2 is 1.86 bits per heavy atom. The highest BCUT2D eigenvalue weighted by atomic mass is 35.5. The van der Waals surface area contributed by atoms with E-state index >= 15 is 0 Å². The molecule has 1 unspecified atom stereocenters. The van der Waals surface area contributed by atoms with E-state index < -0.39 is 36.7 Å². The first-order chi connectivity index (χ1) is 13.6. The molecule has 11 heteroatoms. The van der Waals surface area contributed by atoms with E-state index in [1.807, 2.05) is 0 Å². The van der Waals surface area contributed by atoms with E-state index in [0.29, 0.717) is 0 Å². The lowest BCUT2D eigenvalue weighted by Crippen LogP contribution is -2.30. The molecule has 0 saturated heterocycles. The topological polar surface area (TPSA) is 39.8 Å². The standard InChI is InChI=1S/C18H18ClF6N3O/c19-12-2-1-3-13(20)11(12)9-27-14(8-10-4-6-18(24,25)7-5-10)26-28(17(27)29)16(23)15(21)22/h1-3,10,15-16H,4-9H2. The second-order valence-electron chi connectivity index (χ2n) is 7.14. The number of rotatable bonds is 6. The van der Waals surface area contributed by atoms with Crippen molar-refractivity contribution < 1.29 is 26.3 Å². The summed E-state index contributed by atoms with van der Waals surface area (Å²) in [4.78, 5) is 12.5. The molecule has 1 aromatic heterocycles. The lowest BCUT2D eigenvalue weighted by atomic mass is 9.84. The molecule has 0 aliphatic heterocycles. The van der Waals surface area contributed by atoms with Crippen LogP contribution in [0.4, 0.5) is 26.3 Å². The number of nitrogens with zero attached hydrogens (tertiary/aromatic N) is 3. The van der Waals surface area contributed by atoms with E-state index in [-0.39, 0.29) is 59.1 Å². The summed E-state index contributed by atoms with van der Waals surface area (Å²) in [5.74, 6) is -3.86. The second kappa shape index (κ2) is 8.41. The van der Waals surface area contributed by atoms with Crippen molar-refractivity contribution in [2.24, 2.45) is 5.92 Å². The molecule has 1 aliphatic rings. The Balaban J connectivity index is 1.95. The average Bonchev–Trinajstić information content (AvgIpc) is 2.95. The lowest BCUT2D eigenvalue weighted by Gasteiger charge is -2.27. The van der Waals surface area contributed by atoms with Crippen LogP contribution >= 0.6 is 11.6 Å². The smallest absolute Gasteiger partial charge is 0.274 e. The third kappa shape index (κ3) is 4.79. The Morgan fingerprint density at radius 1 is 1.21 bits per heavy atom. The van der Waals surface area contributed by atoms with Crippen LogP contribution in [-0.2, 0) is 13.0 Å².